The van der Waals surface area contributed by atoms with Crippen molar-refractivity contribution in [2.24, 2.45) is 0 Å². The fourth-order valence-corrected chi connectivity index (χ4v) is 2.96. The molecule has 0 spiro atoms. The first-order valence-electron chi connectivity index (χ1n) is 10.4. The zero-order valence-electron chi connectivity index (χ0n) is 17.5. The van der Waals surface area contributed by atoms with E-state index >= 15 is 0 Å². The molecule has 156 valence electrons. The van der Waals surface area contributed by atoms with Gasteiger partial charge in [0.05, 0.1) is 19.6 Å². The van der Waals surface area contributed by atoms with Gasteiger partial charge in [-0.1, -0.05) is 48.9 Å². The van der Waals surface area contributed by atoms with Gasteiger partial charge in [0.15, 0.2) is 0 Å². The predicted octanol–water partition coefficient (Wildman–Crippen LogP) is 5.16. The lowest BCUT2D eigenvalue weighted by Crippen LogP contribution is -2.10. The minimum Gasteiger partial charge on any atom is -0.466 e. The highest BCUT2D eigenvalue weighted by Gasteiger charge is 2.15. The van der Waals surface area contributed by atoms with Crippen LogP contribution >= 0.6 is 0 Å². The molecule has 1 heterocycles. The molecule has 0 unspecified atom stereocenters. The monoisotopic (exact) mass is 396 g/mol. The summed E-state index contributed by atoms with van der Waals surface area (Å²) in [6, 6.07) is 10.2. The molecule has 0 N–H and O–H groups in total. The molecule has 5 nitrogen and oxygen atoms in total. The first kappa shape index (κ1) is 22.8. The lowest BCUT2D eigenvalue weighted by atomic mass is 9.97. The van der Waals surface area contributed by atoms with Gasteiger partial charge in [-0.15, -0.1) is 0 Å². The Labute approximate surface area is 174 Å². The highest BCUT2D eigenvalue weighted by Crippen LogP contribution is 2.21. The second-order valence-electron chi connectivity index (χ2n) is 6.99. The lowest BCUT2D eigenvalue weighted by Gasteiger charge is -2.12. The van der Waals surface area contributed by atoms with Crippen molar-refractivity contribution in [3.8, 4) is 0 Å². The van der Waals surface area contributed by atoms with Gasteiger partial charge in [0.25, 0.3) is 0 Å². The van der Waals surface area contributed by atoms with Crippen LogP contribution in [0, 0.1) is 6.92 Å². The van der Waals surface area contributed by atoms with E-state index in [9.17, 15) is 4.79 Å². The summed E-state index contributed by atoms with van der Waals surface area (Å²) in [6.45, 7) is 5.52. The molecule has 0 aliphatic carbocycles. The van der Waals surface area contributed by atoms with Gasteiger partial charge in [-0.05, 0) is 44.2 Å². The van der Waals surface area contributed by atoms with Crippen LogP contribution in [0.1, 0.15) is 61.9 Å². The summed E-state index contributed by atoms with van der Waals surface area (Å²) in [5.74, 6) is 0.476. The minimum atomic E-state index is -0.196. The van der Waals surface area contributed by atoms with Crippen molar-refractivity contribution in [3.63, 3.8) is 0 Å². The van der Waals surface area contributed by atoms with Crippen molar-refractivity contribution in [2.45, 2.75) is 58.5 Å². The average molecular weight is 397 g/mol. The Balaban J connectivity index is 1.68. The van der Waals surface area contributed by atoms with E-state index in [1.165, 1.54) is 5.56 Å². The van der Waals surface area contributed by atoms with E-state index in [2.05, 4.69) is 34.3 Å². The van der Waals surface area contributed by atoms with Crippen LogP contribution in [0.5, 0.6) is 0 Å². The normalized spacial score (nSPS) is 12.2. The third-order valence-electron chi connectivity index (χ3n) is 4.56. The number of hydrogen-bond donors (Lipinski definition) is 0. The van der Waals surface area contributed by atoms with Crippen molar-refractivity contribution in [3.05, 3.63) is 71.8 Å². The van der Waals surface area contributed by atoms with Gasteiger partial charge >= 0.3 is 5.97 Å². The lowest BCUT2D eigenvalue weighted by molar-refractivity contribution is -0.143. The molecule has 0 fully saturated rings. The summed E-state index contributed by atoms with van der Waals surface area (Å²) >= 11 is 0. The SMILES string of the molecule is CCOC(=O)C[C@H](C=CCCCCCOCc1ccccc1)c1cnc(C)nc1. The molecule has 2 aromatic rings. The number of carbonyl (C=O) groups is 1. The van der Waals surface area contributed by atoms with Gasteiger partial charge in [0, 0.05) is 24.9 Å². The van der Waals surface area contributed by atoms with E-state index in [0.717, 1.165) is 43.7 Å². The predicted molar refractivity (Wildman–Crippen MR) is 114 cm³/mol. The second-order valence-corrected chi connectivity index (χ2v) is 6.99. The molecular weight excluding hydrogens is 364 g/mol. The van der Waals surface area contributed by atoms with E-state index in [0.29, 0.717) is 19.6 Å². The number of hydrogen-bond acceptors (Lipinski definition) is 5. The molecule has 1 aromatic carbocycles. The van der Waals surface area contributed by atoms with Gasteiger partial charge in [0.1, 0.15) is 5.82 Å². The fraction of sp³-hybridized carbons (Fsp3) is 0.458. The Morgan fingerprint density at radius 1 is 1.10 bits per heavy atom. The number of unbranched alkanes of at least 4 members (excludes halogenated alkanes) is 3. The summed E-state index contributed by atoms with van der Waals surface area (Å²) in [7, 11) is 0. The standard InChI is InChI=1S/C24H32N2O3/c1-3-29-24(27)16-22(23-17-25-20(2)26-18-23)14-10-5-4-6-11-15-28-19-21-12-8-7-9-13-21/h7-10,12-14,17-18,22H,3-6,11,15-16,19H2,1-2H3/t22-/m0/s1. The van der Waals surface area contributed by atoms with Crippen LogP contribution in [0.3, 0.4) is 0 Å². The van der Waals surface area contributed by atoms with E-state index in [1.807, 2.05) is 32.0 Å². The van der Waals surface area contributed by atoms with Gasteiger partial charge in [0.2, 0.25) is 0 Å². The summed E-state index contributed by atoms with van der Waals surface area (Å²) in [5.41, 5.74) is 2.15. The molecule has 0 aliphatic heterocycles. The molecule has 2 rings (SSSR count). The van der Waals surface area contributed by atoms with Crippen LogP contribution in [-0.4, -0.2) is 29.2 Å². The second kappa shape index (κ2) is 13.6. The maximum Gasteiger partial charge on any atom is 0.306 e. The van der Waals surface area contributed by atoms with Crippen molar-refractivity contribution in [1.29, 1.82) is 0 Å². The van der Waals surface area contributed by atoms with Crippen molar-refractivity contribution in [2.75, 3.05) is 13.2 Å². The number of rotatable bonds is 13. The Morgan fingerprint density at radius 3 is 2.59 bits per heavy atom. The quantitative estimate of drug-likeness (QED) is 0.266. The number of carbonyl (C=O) groups excluding carboxylic acids is 1. The van der Waals surface area contributed by atoms with E-state index < -0.39 is 0 Å². The Hall–Kier alpha value is -2.53. The molecule has 0 saturated carbocycles. The molecule has 29 heavy (non-hydrogen) atoms. The molecular formula is C24H32N2O3. The number of aromatic nitrogens is 2. The van der Waals surface area contributed by atoms with Crippen molar-refractivity contribution in [1.82, 2.24) is 9.97 Å². The Kier molecular flexibility index (Phi) is 10.7. The molecule has 0 aliphatic rings. The summed E-state index contributed by atoms with van der Waals surface area (Å²) in [4.78, 5) is 20.4. The van der Waals surface area contributed by atoms with Crippen LogP contribution in [-0.2, 0) is 20.9 Å². The largest absolute Gasteiger partial charge is 0.466 e. The van der Waals surface area contributed by atoms with Crippen LogP contribution in [0.2, 0.25) is 0 Å². The Bertz CT molecular complexity index is 730. The molecule has 0 radical (unpaired) electrons. The summed E-state index contributed by atoms with van der Waals surface area (Å²) < 4.78 is 10.8. The fourth-order valence-electron chi connectivity index (χ4n) is 2.96. The molecule has 0 amide bonds. The molecule has 5 heteroatoms. The molecule has 1 atom stereocenters. The van der Waals surface area contributed by atoms with Crippen molar-refractivity contribution >= 4 is 5.97 Å². The van der Waals surface area contributed by atoms with Crippen LogP contribution < -0.4 is 0 Å². The maximum atomic E-state index is 11.9. The zero-order valence-corrected chi connectivity index (χ0v) is 17.5. The van der Waals surface area contributed by atoms with Gasteiger partial charge in [-0.2, -0.15) is 0 Å². The topological polar surface area (TPSA) is 61.3 Å². The highest BCUT2D eigenvalue weighted by atomic mass is 16.5. The number of esters is 1. The van der Waals surface area contributed by atoms with Crippen LogP contribution in [0.15, 0.2) is 54.9 Å². The maximum absolute atomic E-state index is 11.9. The molecule has 1 aromatic heterocycles. The number of aryl methyl sites for hydroxylation is 1. The van der Waals surface area contributed by atoms with Crippen LogP contribution in [0.4, 0.5) is 0 Å². The first-order valence-corrected chi connectivity index (χ1v) is 10.4. The molecule has 0 bridgehead atoms. The van der Waals surface area contributed by atoms with E-state index in [-0.39, 0.29) is 11.9 Å². The van der Waals surface area contributed by atoms with E-state index in [4.69, 9.17) is 9.47 Å². The molecule has 0 saturated heterocycles. The highest BCUT2D eigenvalue weighted by molar-refractivity contribution is 5.70. The number of ether oxygens (including phenoxy) is 2. The summed E-state index contributed by atoms with van der Waals surface area (Å²) in [5, 5.41) is 0. The average Bonchev–Trinajstić information content (AvgIpc) is 2.73. The first-order chi connectivity index (χ1) is 14.2. The van der Waals surface area contributed by atoms with Crippen LogP contribution in [0.25, 0.3) is 0 Å². The van der Waals surface area contributed by atoms with Gasteiger partial charge in [-0.3, -0.25) is 4.79 Å². The van der Waals surface area contributed by atoms with Gasteiger partial charge in [-0.25, -0.2) is 9.97 Å². The number of allylic oxidation sites excluding steroid dienone is 2. The zero-order chi connectivity index (χ0) is 20.7. The van der Waals surface area contributed by atoms with Gasteiger partial charge < -0.3 is 9.47 Å². The third kappa shape index (κ3) is 9.48. The smallest absolute Gasteiger partial charge is 0.306 e. The Morgan fingerprint density at radius 2 is 1.86 bits per heavy atom. The number of nitrogens with zero attached hydrogens (tertiary/aromatic N) is 2. The minimum absolute atomic E-state index is 0.0520. The number of benzene rings is 1. The van der Waals surface area contributed by atoms with E-state index in [1.54, 1.807) is 12.4 Å². The third-order valence-corrected chi connectivity index (χ3v) is 4.56. The van der Waals surface area contributed by atoms with Crippen molar-refractivity contribution < 1.29 is 14.3 Å². The summed E-state index contributed by atoms with van der Waals surface area (Å²) in [6.07, 6.45) is 12.4.